The zero-order valence-electron chi connectivity index (χ0n) is 12.1. The summed E-state index contributed by atoms with van der Waals surface area (Å²) in [6, 6.07) is 6.79. The summed E-state index contributed by atoms with van der Waals surface area (Å²) in [5.74, 6) is -0.371. The van der Waals surface area contributed by atoms with E-state index < -0.39 is 5.97 Å². The first kappa shape index (κ1) is 19.2. The third-order valence-electron chi connectivity index (χ3n) is 2.56. The van der Waals surface area contributed by atoms with Crippen LogP contribution in [-0.4, -0.2) is 31.6 Å². The zero-order chi connectivity index (χ0) is 15.0. The Morgan fingerprint density at radius 1 is 1.38 bits per heavy atom. The van der Waals surface area contributed by atoms with Gasteiger partial charge in [0, 0.05) is 24.2 Å². The third kappa shape index (κ3) is 6.97. The maximum atomic E-state index is 11.7. The molecule has 0 heterocycles. The number of benzene rings is 1. The van der Waals surface area contributed by atoms with Gasteiger partial charge < -0.3 is 20.5 Å². The molecule has 1 aromatic carbocycles. The number of hydrogen-bond donors (Lipinski definition) is 2. The number of rotatable bonds is 7. The number of esters is 1. The van der Waals surface area contributed by atoms with Crippen molar-refractivity contribution in [1.82, 2.24) is 0 Å². The van der Waals surface area contributed by atoms with Crippen molar-refractivity contribution < 1.29 is 19.1 Å². The molecule has 1 amide bonds. The number of nitrogens with two attached hydrogens (primary N) is 1. The Balaban J connectivity index is 0.00000400. The highest BCUT2D eigenvalue weighted by molar-refractivity contribution is 5.92. The first-order chi connectivity index (χ1) is 9.56. The molecule has 0 saturated carbocycles. The molecule has 1 atom stereocenters. The molecular weight excluding hydrogens is 296 g/mol. The molecule has 6 nitrogen and oxygen atoms in total. The van der Waals surface area contributed by atoms with E-state index >= 15 is 0 Å². The van der Waals surface area contributed by atoms with Crippen molar-refractivity contribution in [2.45, 2.75) is 13.8 Å². The molecule has 0 aliphatic rings. The van der Waals surface area contributed by atoms with Crippen LogP contribution >= 0.6 is 12.4 Å². The number of ether oxygens (including phenoxy) is 2. The highest BCUT2D eigenvalue weighted by Crippen LogP contribution is 2.18. The molecule has 0 saturated heterocycles. The van der Waals surface area contributed by atoms with Crippen LogP contribution in [0.25, 0.3) is 0 Å². The molecule has 0 aromatic heterocycles. The van der Waals surface area contributed by atoms with Gasteiger partial charge in [-0.05, 0) is 19.1 Å². The van der Waals surface area contributed by atoms with Crippen LogP contribution in [-0.2, 0) is 14.3 Å². The van der Waals surface area contributed by atoms with Crippen molar-refractivity contribution in [3.8, 4) is 5.75 Å². The molecule has 7 heteroatoms. The smallest absolute Gasteiger partial charge is 0.344 e. The lowest BCUT2D eigenvalue weighted by Crippen LogP contribution is -2.26. The highest BCUT2D eigenvalue weighted by Gasteiger charge is 2.11. The van der Waals surface area contributed by atoms with Crippen LogP contribution < -0.4 is 15.8 Å². The Morgan fingerprint density at radius 3 is 2.71 bits per heavy atom. The molecule has 21 heavy (non-hydrogen) atoms. The van der Waals surface area contributed by atoms with Crippen LogP contribution in [0.1, 0.15) is 13.8 Å². The lowest BCUT2D eigenvalue weighted by molar-refractivity contribution is -0.145. The van der Waals surface area contributed by atoms with Gasteiger partial charge in [0.1, 0.15) is 5.75 Å². The van der Waals surface area contributed by atoms with Gasteiger partial charge in [-0.15, -0.1) is 12.4 Å². The van der Waals surface area contributed by atoms with E-state index in [0.717, 1.165) is 0 Å². The van der Waals surface area contributed by atoms with E-state index in [1.807, 2.05) is 0 Å². The SMILES string of the molecule is CCOC(=O)COc1cccc(NC(=O)C(C)CN)c1.Cl. The van der Waals surface area contributed by atoms with Gasteiger partial charge in [-0.1, -0.05) is 13.0 Å². The molecule has 3 N–H and O–H groups in total. The summed E-state index contributed by atoms with van der Waals surface area (Å²) in [7, 11) is 0. The van der Waals surface area contributed by atoms with E-state index in [-0.39, 0.29) is 37.4 Å². The Hall–Kier alpha value is -1.79. The predicted octanol–water partition coefficient (Wildman–Crippen LogP) is 1.58. The fourth-order valence-corrected chi connectivity index (χ4v) is 1.38. The van der Waals surface area contributed by atoms with Crippen molar-refractivity contribution in [3.05, 3.63) is 24.3 Å². The molecule has 1 unspecified atom stereocenters. The summed E-state index contributed by atoms with van der Waals surface area (Å²) in [5.41, 5.74) is 6.02. The van der Waals surface area contributed by atoms with E-state index in [1.165, 1.54) is 0 Å². The topological polar surface area (TPSA) is 90.6 Å². The Labute approximate surface area is 130 Å². The molecule has 1 rings (SSSR count). The average Bonchev–Trinajstić information content (AvgIpc) is 2.45. The normalized spacial score (nSPS) is 11.0. The second-order valence-electron chi connectivity index (χ2n) is 4.25. The number of carbonyl (C=O) groups excluding carboxylic acids is 2. The van der Waals surface area contributed by atoms with E-state index in [4.69, 9.17) is 15.2 Å². The molecule has 0 bridgehead atoms. The fourth-order valence-electron chi connectivity index (χ4n) is 1.38. The first-order valence-electron chi connectivity index (χ1n) is 6.46. The van der Waals surface area contributed by atoms with Gasteiger partial charge in [-0.3, -0.25) is 4.79 Å². The van der Waals surface area contributed by atoms with Crippen LogP contribution in [0.2, 0.25) is 0 Å². The Morgan fingerprint density at radius 2 is 2.10 bits per heavy atom. The third-order valence-corrected chi connectivity index (χ3v) is 2.56. The Bertz CT molecular complexity index is 468. The summed E-state index contributed by atoms with van der Waals surface area (Å²) in [4.78, 5) is 22.9. The van der Waals surface area contributed by atoms with Gasteiger partial charge in [0.15, 0.2) is 6.61 Å². The van der Waals surface area contributed by atoms with Gasteiger partial charge in [0.25, 0.3) is 0 Å². The fraction of sp³-hybridized carbons (Fsp3) is 0.429. The van der Waals surface area contributed by atoms with Crippen LogP contribution in [0.15, 0.2) is 24.3 Å². The van der Waals surface area contributed by atoms with Crippen LogP contribution in [0.3, 0.4) is 0 Å². The summed E-state index contributed by atoms with van der Waals surface area (Å²) in [6.07, 6.45) is 0. The van der Waals surface area contributed by atoms with Gasteiger partial charge in [-0.25, -0.2) is 4.79 Å². The van der Waals surface area contributed by atoms with E-state index in [0.29, 0.717) is 18.0 Å². The van der Waals surface area contributed by atoms with Crippen LogP contribution in [0.5, 0.6) is 5.75 Å². The number of anilines is 1. The minimum atomic E-state index is -0.432. The number of nitrogens with one attached hydrogen (secondary N) is 1. The number of amides is 1. The summed E-state index contributed by atoms with van der Waals surface area (Å²) in [5, 5.41) is 2.73. The van der Waals surface area contributed by atoms with E-state index in [9.17, 15) is 9.59 Å². The van der Waals surface area contributed by atoms with Crippen molar-refractivity contribution in [2.24, 2.45) is 11.7 Å². The van der Waals surface area contributed by atoms with Gasteiger partial charge in [-0.2, -0.15) is 0 Å². The van der Waals surface area contributed by atoms with E-state index in [2.05, 4.69) is 5.32 Å². The van der Waals surface area contributed by atoms with Gasteiger partial charge in [0.05, 0.1) is 6.61 Å². The number of carbonyl (C=O) groups is 2. The van der Waals surface area contributed by atoms with Crippen molar-refractivity contribution in [2.75, 3.05) is 25.1 Å². The second kappa shape index (κ2) is 10.0. The molecule has 118 valence electrons. The average molecular weight is 317 g/mol. The van der Waals surface area contributed by atoms with Gasteiger partial charge >= 0.3 is 5.97 Å². The second-order valence-corrected chi connectivity index (χ2v) is 4.25. The molecular formula is C14H21ClN2O4. The lowest BCUT2D eigenvalue weighted by atomic mass is 10.1. The van der Waals surface area contributed by atoms with E-state index in [1.54, 1.807) is 38.1 Å². The molecule has 0 spiro atoms. The maximum absolute atomic E-state index is 11.7. The standard InChI is InChI=1S/C14H20N2O4.ClH/c1-3-19-13(17)9-20-12-6-4-5-11(7-12)16-14(18)10(2)8-15;/h4-7,10H,3,8-9,15H2,1-2H3,(H,16,18);1H. The molecule has 0 radical (unpaired) electrons. The lowest BCUT2D eigenvalue weighted by Gasteiger charge is -2.11. The molecule has 0 fully saturated rings. The summed E-state index contributed by atoms with van der Waals surface area (Å²) < 4.78 is 10.0. The quantitative estimate of drug-likeness (QED) is 0.745. The minimum Gasteiger partial charge on any atom is -0.482 e. The highest BCUT2D eigenvalue weighted by atomic mass is 35.5. The zero-order valence-corrected chi connectivity index (χ0v) is 12.9. The first-order valence-corrected chi connectivity index (χ1v) is 6.46. The van der Waals surface area contributed by atoms with Gasteiger partial charge in [0.2, 0.25) is 5.91 Å². The number of hydrogen-bond acceptors (Lipinski definition) is 5. The van der Waals surface area contributed by atoms with Crippen molar-refractivity contribution in [3.63, 3.8) is 0 Å². The minimum absolute atomic E-state index is 0. The van der Waals surface area contributed by atoms with Crippen LogP contribution in [0.4, 0.5) is 5.69 Å². The summed E-state index contributed by atoms with van der Waals surface area (Å²) in [6.45, 7) is 3.91. The van der Waals surface area contributed by atoms with Crippen molar-refractivity contribution >= 4 is 30.0 Å². The Kier molecular flexibility index (Phi) is 9.16. The molecule has 0 aliphatic carbocycles. The largest absolute Gasteiger partial charge is 0.482 e. The number of halogens is 1. The monoisotopic (exact) mass is 316 g/mol. The molecule has 1 aromatic rings. The predicted molar refractivity (Wildman–Crippen MR) is 82.7 cm³/mol. The van der Waals surface area contributed by atoms with Crippen molar-refractivity contribution in [1.29, 1.82) is 0 Å². The molecule has 0 aliphatic heterocycles. The maximum Gasteiger partial charge on any atom is 0.344 e. The van der Waals surface area contributed by atoms with Crippen LogP contribution in [0, 0.1) is 5.92 Å². The summed E-state index contributed by atoms with van der Waals surface area (Å²) >= 11 is 0.